The van der Waals surface area contributed by atoms with E-state index in [1.54, 1.807) is 0 Å². The third-order valence-electron chi connectivity index (χ3n) is 3.86. The zero-order valence-corrected chi connectivity index (χ0v) is 13.1. The Morgan fingerprint density at radius 1 is 1.30 bits per heavy atom. The number of aromatic nitrogens is 3. The van der Waals surface area contributed by atoms with Crippen LogP contribution in [0.1, 0.15) is 22.5 Å². The maximum absolute atomic E-state index is 8.44. The van der Waals surface area contributed by atoms with Gasteiger partial charge in [0.05, 0.1) is 22.7 Å². The van der Waals surface area contributed by atoms with Crippen molar-refractivity contribution in [2.75, 3.05) is 12.8 Å². The lowest BCUT2D eigenvalue weighted by Crippen LogP contribution is -2.10. The molecule has 3 rings (SSSR count). The van der Waals surface area contributed by atoms with Crippen molar-refractivity contribution in [1.29, 1.82) is 5.41 Å². The number of nitrogens with zero attached hydrogens (tertiary/aromatic N) is 2. The van der Waals surface area contributed by atoms with Crippen molar-refractivity contribution in [1.82, 2.24) is 20.3 Å². The largest absolute Gasteiger partial charge is 0.388 e. The number of nitrogen functional groups attached to an aromatic ring is 1. The number of H-pyrrole nitrogens is 1. The molecule has 0 atom stereocenters. The fourth-order valence-electron chi connectivity index (χ4n) is 2.53. The maximum Gasteiger partial charge on any atom is 0.136 e. The molecule has 0 bridgehead atoms. The second kappa shape index (κ2) is 5.57. The number of hydrogen-bond donors (Lipinski definition) is 4. The summed E-state index contributed by atoms with van der Waals surface area (Å²) in [5.74, 6) is 0.311. The molecule has 3 aromatic rings. The van der Waals surface area contributed by atoms with E-state index in [0.29, 0.717) is 22.8 Å². The first-order chi connectivity index (χ1) is 11.0. The summed E-state index contributed by atoms with van der Waals surface area (Å²) in [6, 6.07) is 7.92. The van der Waals surface area contributed by atoms with Gasteiger partial charge < -0.3 is 16.0 Å². The summed E-state index contributed by atoms with van der Waals surface area (Å²) in [4.78, 5) is 11.4. The highest BCUT2D eigenvalue weighted by molar-refractivity contribution is 6.14. The summed E-state index contributed by atoms with van der Waals surface area (Å²) in [6.45, 7) is 5.78. The summed E-state index contributed by atoms with van der Waals surface area (Å²) in [5.41, 5.74) is 10.9. The monoisotopic (exact) mass is 306 g/mol. The number of rotatable bonds is 4. The highest BCUT2D eigenvalue weighted by Gasteiger charge is 2.15. The van der Waals surface area contributed by atoms with Crippen molar-refractivity contribution >= 4 is 28.1 Å². The molecule has 2 aromatic heterocycles. The standard InChI is InChI=1S/C17H18N6/c1-9(20-3)11-4-5-12-7-14(23-13(12)6-11)16(18)15-10(2)21-8-22-17(15)19/h4-8,18,20,23H,1H2,2-3H3,(H2,19,21,22). The molecule has 116 valence electrons. The zero-order valence-electron chi connectivity index (χ0n) is 13.1. The Morgan fingerprint density at radius 3 is 2.78 bits per heavy atom. The Morgan fingerprint density at radius 2 is 2.09 bits per heavy atom. The number of fused-ring (bicyclic) bond motifs is 1. The summed E-state index contributed by atoms with van der Waals surface area (Å²) >= 11 is 0. The fraction of sp³-hybridized carbons (Fsp3) is 0.118. The van der Waals surface area contributed by atoms with Crippen molar-refractivity contribution < 1.29 is 0 Å². The lowest BCUT2D eigenvalue weighted by Gasteiger charge is -2.07. The van der Waals surface area contributed by atoms with Gasteiger partial charge in [0.15, 0.2) is 0 Å². The third-order valence-corrected chi connectivity index (χ3v) is 3.86. The van der Waals surface area contributed by atoms with E-state index >= 15 is 0 Å². The van der Waals surface area contributed by atoms with E-state index in [0.717, 1.165) is 22.2 Å². The van der Waals surface area contributed by atoms with Crippen LogP contribution in [0.4, 0.5) is 5.82 Å². The number of aryl methyl sites for hydroxylation is 1. The van der Waals surface area contributed by atoms with Crippen LogP contribution in [0.5, 0.6) is 0 Å². The zero-order chi connectivity index (χ0) is 16.6. The second-order valence-electron chi connectivity index (χ2n) is 5.31. The Labute approximate surface area is 134 Å². The van der Waals surface area contributed by atoms with Gasteiger partial charge in [-0.25, -0.2) is 9.97 Å². The van der Waals surface area contributed by atoms with Gasteiger partial charge in [-0.2, -0.15) is 0 Å². The minimum Gasteiger partial charge on any atom is -0.388 e. The molecule has 0 amide bonds. The van der Waals surface area contributed by atoms with E-state index < -0.39 is 0 Å². The van der Waals surface area contributed by atoms with Crippen LogP contribution in [-0.4, -0.2) is 27.7 Å². The van der Waals surface area contributed by atoms with Crippen LogP contribution in [0.2, 0.25) is 0 Å². The van der Waals surface area contributed by atoms with E-state index in [2.05, 4.69) is 26.8 Å². The Hall–Kier alpha value is -3.15. The second-order valence-corrected chi connectivity index (χ2v) is 5.31. The first-order valence-electron chi connectivity index (χ1n) is 7.17. The molecular weight excluding hydrogens is 288 g/mol. The molecule has 0 spiro atoms. The minimum absolute atomic E-state index is 0.283. The van der Waals surface area contributed by atoms with Gasteiger partial charge in [-0.15, -0.1) is 0 Å². The Kier molecular flexibility index (Phi) is 3.57. The minimum atomic E-state index is 0.283. The first-order valence-corrected chi connectivity index (χ1v) is 7.17. The van der Waals surface area contributed by atoms with Crippen LogP contribution in [0, 0.1) is 12.3 Å². The van der Waals surface area contributed by atoms with Crippen LogP contribution >= 0.6 is 0 Å². The van der Waals surface area contributed by atoms with E-state index in [1.165, 1.54) is 6.33 Å². The third kappa shape index (κ3) is 2.55. The Bertz CT molecular complexity index is 902. The maximum atomic E-state index is 8.44. The van der Waals surface area contributed by atoms with Gasteiger partial charge in [-0.1, -0.05) is 18.7 Å². The van der Waals surface area contributed by atoms with Gasteiger partial charge >= 0.3 is 0 Å². The smallest absolute Gasteiger partial charge is 0.136 e. The molecule has 0 saturated carbocycles. The summed E-state index contributed by atoms with van der Waals surface area (Å²) in [5, 5.41) is 12.5. The topological polar surface area (TPSA) is 103 Å². The first kappa shape index (κ1) is 14.8. The quantitative estimate of drug-likeness (QED) is 0.556. The fourth-order valence-corrected chi connectivity index (χ4v) is 2.53. The lowest BCUT2D eigenvalue weighted by atomic mass is 10.1. The van der Waals surface area contributed by atoms with Crippen LogP contribution in [-0.2, 0) is 0 Å². The number of anilines is 1. The van der Waals surface area contributed by atoms with Crippen molar-refractivity contribution in [3.8, 4) is 0 Å². The van der Waals surface area contributed by atoms with E-state index in [4.69, 9.17) is 11.1 Å². The average molecular weight is 306 g/mol. The van der Waals surface area contributed by atoms with Crippen LogP contribution < -0.4 is 11.1 Å². The van der Waals surface area contributed by atoms with Crippen molar-refractivity contribution in [3.05, 3.63) is 59.7 Å². The summed E-state index contributed by atoms with van der Waals surface area (Å²) in [7, 11) is 1.84. The molecule has 6 heteroatoms. The predicted molar refractivity (Wildman–Crippen MR) is 93.5 cm³/mol. The number of benzene rings is 1. The van der Waals surface area contributed by atoms with Crippen molar-refractivity contribution in [3.63, 3.8) is 0 Å². The molecule has 6 nitrogen and oxygen atoms in total. The van der Waals surface area contributed by atoms with Gasteiger partial charge in [0, 0.05) is 23.6 Å². The number of nitrogens with two attached hydrogens (primary N) is 1. The van der Waals surface area contributed by atoms with Gasteiger partial charge in [0.2, 0.25) is 0 Å². The Balaban J connectivity index is 2.07. The number of nitrogens with one attached hydrogen (secondary N) is 3. The van der Waals surface area contributed by atoms with Gasteiger partial charge in [-0.05, 0) is 24.6 Å². The highest BCUT2D eigenvalue weighted by Crippen LogP contribution is 2.23. The predicted octanol–water partition coefficient (Wildman–Crippen LogP) is 2.45. The summed E-state index contributed by atoms with van der Waals surface area (Å²) < 4.78 is 0. The van der Waals surface area contributed by atoms with E-state index in [1.807, 2.05) is 38.2 Å². The normalized spacial score (nSPS) is 10.7. The molecule has 5 N–H and O–H groups in total. The number of aromatic amines is 1. The van der Waals surface area contributed by atoms with Gasteiger partial charge in [0.1, 0.15) is 12.1 Å². The SMILES string of the molecule is C=C(NC)c1ccc2cc(C(=N)c3c(C)ncnc3N)[nH]c2c1. The molecule has 2 heterocycles. The van der Waals surface area contributed by atoms with Gasteiger partial charge in [-0.3, -0.25) is 5.41 Å². The van der Waals surface area contributed by atoms with E-state index in [-0.39, 0.29) is 5.71 Å². The van der Waals surface area contributed by atoms with Crippen LogP contribution in [0.25, 0.3) is 16.6 Å². The molecule has 0 unspecified atom stereocenters. The molecule has 1 aromatic carbocycles. The summed E-state index contributed by atoms with van der Waals surface area (Å²) in [6.07, 6.45) is 1.41. The average Bonchev–Trinajstić information content (AvgIpc) is 2.96. The van der Waals surface area contributed by atoms with Crippen LogP contribution in [0.15, 0.2) is 37.2 Å². The molecule has 23 heavy (non-hydrogen) atoms. The molecule has 0 aliphatic carbocycles. The van der Waals surface area contributed by atoms with E-state index in [9.17, 15) is 0 Å². The molecule has 0 aliphatic heterocycles. The number of hydrogen-bond acceptors (Lipinski definition) is 5. The lowest BCUT2D eigenvalue weighted by molar-refractivity contribution is 1.09. The molecule has 0 radical (unpaired) electrons. The molecule has 0 aliphatic rings. The van der Waals surface area contributed by atoms with Crippen LogP contribution in [0.3, 0.4) is 0 Å². The molecule has 0 fully saturated rings. The highest BCUT2D eigenvalue weighted by atomic mass is 14.9. The van der Waals surface area contributed by atoms with Crippen molar-refractivity contribution in [2.45, 2.75) is 6.92 Å². The molecule has 0 saturated heterocycles. The van der Waals surface area contributed by atoms with Crippen molar-refractivity contribution in [2.24, 2.45) is 0 Å². The van der Waals surface area contributed by atoms with Gasteiger partial charge in [0.25, 0.3) is 0 Å². The molecular formula is C17H18N6.